The molecule has 4 rings (SSSR count). The number of fused-ring (bicyclic) bond motifs is 1. The summed E-state index contributed by atoms with van der Waals surface area (Å²) in [5.74, 6) is 0.487. The molecule has 1 unspecified atom stereocenters. The molecule has 0 amide bonds. The molecule has 0 aromatic heterocycles. The van der Waals surface area contributed by atoms with Crippen molar-refractivity contribution >= 4 is 56.7 Å². The van der Waals surface area contributed by atoms with E-state index in [-0.39, 0.29) is 0 Å². The second-order valence-corrected chi connectivity index (χ2v) is 12.7. The second-order valence-electron chi connectivity index (χ2n) is 8.34. The van der Waals surface area contributed by atoms with Crippen LogP contribution in [0, 0.1) is 0 Å². The van der Waals surface area contributed by atoms with Crippen LogP contribution in [-0.2, 0) is 11.8 Å². The predicted molar refractivity (Wildman–Crippen MR) is 149 cm³/mol. The van der Waals surface area contributed by atoms with Gasteiger partial charge in [0.25, 0.3) is 0 Å². The van der Waals surface area contributed by atoms with E-state index in [1.807, 2.05) is 13.0 Å². The van der Waals surface area contributed by atoms with Gasteiger partial charge in [-0.15, -0.1) is 0 Å². The lowest BCUT2D eigenvalue weighted by atomic mass is 10.0. The van der Waals surface area contributed by atoms with Crippen molar-refractivity contribution in [3.63, 3.8) is 0 Å². The van der Waals surface area contributed by atoms with Crippen molar-refractivity contribution in [1.29, 1.82) is 0 Å². The van der Waals surface area contributed by atoms with Gasteiger partial charge < -0.3 is 0 Å². The van der Waals surface area contributed by atoms with Crippen molar-refractivity contribution in [1.82, 2.24) is 0 Å². The highest BCUT2D eigenvalue weighted by molar-refractivity contribution is 8.25. The van der Waals surface area contributed by atoms with E-state index in [4.69, 9.17) is 11.8 Å². The molecule has 160 valence electrons. The Morgan fingerprint density at radius 2 is 1.47 bits per heavy atom. The number of benzene rings is 4. The van der Waals surface area contributed by atoms with Crippen molar-refractivity contribution in [2.24, 2.45) is 0 Å². The molecule has 2 heteroatoms. The van der Waals surface area contributed by atoms with Crippen LogP contribution in [-0.4, -0.2) is 0 Å². The maximum Gasteiger partial charge on any atom is 0.0391 e. The van der Waals surface area contributed by atoms with E-state index in [1.54, 1.807) is 0 Å². The van der Waals surface area contributed by atoms with Crippen LogP contribution in [0.15, 0.2) is 97.6 Å². The number of allylic oxidation sites excluding steroid dienone is 1. The summed E-state index contributed by atoms with van der Waals surface area (Å²) in [4.78, 5) is 0. The van der Waals surface area contributed by atoms with E-state index >= 15 is 0 Å². The molecule has 0 N–H and O–H groups in total. The molecule has 0 saturated heterocycles. The van der Waals surface area contributed by atoms with Crippen molar-refractivity contribution in [3.05, 3.63) is 114 Å². The average molecular weight is 453 g/mol. The molecule has 32 heavy (non-hydrogen) atoms. The van der Waals surface area contributed by atoms with Gasteiger partial charge in [0.05, 0.1) is 0 Å². The van der Waals surface area contributed by atoms with E-state index in [0.717, 1.165) is 11.1 Å². The van der Waals surface area contributed by atoms with E-state index in [0.29, 0.717) is 5.92 Å². The van der Waals surface area contributed by atoms with Gasteiger partial charge >= 0.3 is 0 Å². The fourth-order valence-corrected chi connectivity index (χ4v) is 8.75. The second kappa shape index (κ2) is 9.41. The third-order valence-electron chi connectivity index (χ3n) is 6.04. The van der Waals surface area contributed by atoms with Crippen LogP contribution >= 0.6 is 6.04 Å². The molecule has 1 atom stereocenters. The maximum atomic E-state index is 6.77. The molecular weight excluding hydrogens is 423 g/mol. The van der Waals surface area contributed by atoms with Crippen molar-refractivity contribution in [3.8, 4) is 0 Å². The third kappa shape index (κ3) is 3.92. The van der Waals surface area contributed by atoms with Crippen molar-refractivity contribution in [2.45, 2.75) is 26.7 Å². The minimum atomic E-state index is -2.35. The molecule has 4 aromatic carbocycles. The van der Waals surface area contributed by atoms with Gasteiger partial charge in [-0.2, -0.15) is 0 Å². The molecule has 0 aliphatic heterocycles. The van der Waals surface area contributed by atoms with Crippen LogP contribution in [0.5, 0.6) is 0 Å². The van der Waals surface area contributed by atoms with E-state index < -0.39 is 6.04 Å². The molecule has 4 aromatic rings. The molecule has 0 nitrogen and oxygen atoms in total. The fraction of sp³-hybridized carbons (Fsp3) is 0.133. The van der Waals surface area contributed by atoms with Gasteiger partial charge in [0, 0.05) is 16.6 Å². The number of hydrogen-bond donors (Lipinski definition) is 0. The molecule has 0 saturated carbocycles. The normalized spacial score (nSPS) is 13.5. The van der Waals surface area contributed by atoms with Crippen LogP contribution in [0.4, 0.5) is 0 Å². The first-order valence-corrected chi connectivity index (χ1v) is 13.9. The zero-order valence-electron chi connectivity index (χ0n) is 19.0. The molecule has 0 spiro atoms. The summed E-state index contributed by atoms with van der Waals surface area (Å²) in [6.07, 6.45) is 6.19. The van der Waals surface area contributed by atoms with E-state index in [2.05, 4.69) is 118 Å². The van der Waals surface area contributed by atoms with Crippen LogP contribution < -0.4 is 15.9 Å². The van der Waals surface area contributed by atoms with Gasteiger partial charge in [-0.05, 0) is 45.6 Å². The Hall–Kier alpha value is -2.73. The number of hydrogen-bond acceptors (Lipinski definition) is 1. The van der Waals surface area contributed by atoms with E-state index in [1.165, 1.54) is 32.2 Å². The summed E-state index contributed by atoms with van der Waals surface area (Å²) >= 11 is 6.77. The first-order chi connectivity index (χ1) is 15.5. The zero-order chi connectivity index (χ0) is 22.7. The Morgan fingerprint density at radius 1 is 0.812 bits per heavy atom. The lowest BCUT2D eigenvalue weighted by Crippen LogP contribution is -2.27. The smallest absolute Gasteiger partial charge is 0.0391 e. The molecule has 0 fully saturated rings. The highest BCUT2D eigenvalue weighted by atomic mass is 32.4. The van der Waals surface area contributed by atoms with Crippen molar-refractivity contribution < 1.29 is 0 Å². The molecule has 0 radical (unpaired) electrons. The summed E-state index contributed by atoms with van der Waals surface area (Å²) in [5.41, 5.74) is 3.63. The first kappa shape index (κ1) is 22.5. The van der Waals surface area contributed by atoms with Gasteiger partial charge in [0.1, 0.15) is 0 Å². The molecule has 0 bridgehead atoms. The highest BCUT2D eigenvalue weighted by Crippen LogP contribution is 2.46. The maximum absolute atomic E-state index is 6.77. The van der Waals surface area contributed by atoms with Crippen LogP contribution in [0.1, 0.15) is 43.4 Å². The summed E-state index contributed by atoms with van der Waals surface area (Å²) in [6.45, 7) is 10.7. The van der Waals surface area contributed by atoms with Gasteiger partial charge in [-0.1, -0.05) is 135 Å². The topological polar surface area (TPSA) is 0 Å². The molecule has 0 heterocycles. The van der Waals surface area contributed by atoms with Gasteiger partial charge in [-0.25, -0.2) is 0 Å². The van der Waals surface area contributed by atoms with E-state index in [9.17, 15) is 0 Å². The van der Waals surface area contributed by atoms with Crippen LogP contribution in [0.25, 0.3) is 22.9 Å². The van der Waals surface area contributed by atoms with Gasteiger partial charge in [-0.3, -0.25) is 0 Å². The SMILES string of the molecule is C=Cc1c(/C=C\C)cccc1P(=S)(c1ccc(C(C)C)cc1)c1cccc2ccccc12. The molecule has 0 aliphatic rings. The lowest BCUT2D eigenvalue weighted by molar-refractivity contribution is 0.867. The fourth-order valence-electron chi connectivity index (χ4n) is 4.35. The van der Waals surface area contributed by atoms with Gasteiger partial charge in [0.15, 0.2) is 0 Å². The Morgan fingerprint density at radius 3 is 2.16 bits per heavy atom. The average Bonchev–Trinajstić information content (AvgIpc) is 2.83. The van der Waals surface area contributed by atoms with Gasteiger partial charge in [0.2, 0.25) is 0 Å². The first-order valence-electron chi connectivity index (χ1n) is 11.1. The Kier molecular flexibility index (Phi) is 6.60. The minimum absolute atomic E-state index is 0.487. The monoisotopic (exact) mass is 452 g/mol. The lowest BCUT2D eigenvalue weighted by Gasteiger charge is -2.28. The summed E-state index contributed by atoms with van der Waals surface area (Å²) in [7, 11) is 0. The standard InChI is InChI=1S/C30H29PS/c1-5-11-24-13-9-16-29(27(24)6-2)31(32,26-20-18-23(19-21-26)22(3)4)30-17-10-14-25-12-7-8-15-28(25)30/h5-22H,2H2,1,3-4H3/b11-5-. The number of rotatable bonds is 6. The predicted octanol–water partition coefficient (Wildman–Crippen LogP) is 7.40. The van der Waals surface area contributed by atoms with Crippen LogP contribution in [0.3, 0.4) is 0 Å². The largest absolute Gasteiger partial charge is 0.0984 e. The minimum Gasteiger partial charge on any atom is -0.0984 e. The Balaban J connectivity index is 2.10. The summed E-state index contributed by atoms with van der Waals surface area (Å²) in [6, 6.07) is 28.3. The molecular formula is C30H29PS. The van der Waals surface area contributed by atoms with Crippen molar-refractivity contribution in [2.75, 3.05) is 0 Å². The molecule has 0 aliphatic carbocycles. The Labute approximate surface area is 197 Å². The Bertz CT molecular complexity index is 1340. The van der Waals surface area contributed by atoms with Crippen LogP contribution in [0.2, 0.25) is 0 Å². The summed E-state index contributed by atoms with van der Waals surface area (Å²) < 4.78 is 0. The highest BCUT2D eigenvalue weighted by Gasteiger charge is 2.29. The summed E-state index contributed by atoms with van der Waals surface area (Å²) in [5, 5.41) is 6.12. The quantitative estimate of drug-likeness (QED) is 0.275. The zero-order valence-corrected chi connectivity index (χ0v) is 20.7. The third-order valence-corrected chi connectivity index (χ3v) is 11.0.